The molecule has 0 aliphatic carbocycles. The fraction of sp³-hybridized carbons (Fsp3) is 0.389. The SMILES string of the molecule is COc1cccc(-n2nc(C(=O)N3CCN(C(C)=O)CC3)cc2C)c1. The van der Waals surface area contributed by atoms with E-state index < -0.39 is 0 Å². The average Bonchev–Trinajstić information content (AvgIpc) is 3.03. The van der Waals surface area contributed by atoms with Gasteiger partial charge in [-0.05, 0) is 25.1 Å². The Bertz CT molecular complexity index is 791. The smallest absolute Gasteiger partial charge is 0.274 e. The highest BCUT2D eigenvalue weighted by Gasteiger charge is 2.25. The normalized spacial score (nSPS) is 14.5. The maximum atomic E-state index is 12.7. The minimum absolute atomic E-state index is 0.0465. The molecule has 1 saturated heterocycles. The minimum atomic E-state index is -0.104. The van der Waals surface area contributed by atoms with Gasteiger partial charge in [0.2, 0.25) is 5.91 Å². The molecule has 0 spiro atoms. The first-order valence-electron chi connectivity index (χ1n) is 8.25. The van der Waals surface area contributed by atoms with E-state index in [4.69, 9.17) is 4.74 Å². The third-order valence-electron chi connectivity index (χ3n) is 4.42. The summed E-state index contributed by atoms with van der Waals surface area (Å²) in [5, 5.41) is 4.47. The Morgan fingerprint density at radius 2 is 1.76 bits per heavy atom. The number of rotatable bonds is 3. The molecule has 0 saturated carbocycles. The van der Waals surface area contributed by atoms with Gasteiger partial charge >= 0.3 is 0 Å². The lowest BCUT2D eigenvalue weighted by atomic mass is 10.2. The molecule has 0 atom stereocenters. The summed E-state index contributed by atoms with van der Waals surface area (Å²) in [6, 6.07) is 9.34. The zero-order valence-corrected chi connectivity index (χ0v) is 14.7. The minimum Gasteiger partial charge on any atom is -0.497 e. The van der Waals surface area contributed by atoms with Crippen molar-refractivity contribution in [2.24, 2.45) is 0 Å². The van der Waals surface area contributed by atoms with Crippen molar-refractivity contribution in [3.8, 4) is 11.4 Å². The van der Waals surface area contributed by atoms with Crippen LogP contribution in [0.4, 0.5) is 0 Å². The van der Waals surface area contributed by atoms with Crippen molar-refractivity contribution < 1.29 is 14.3 Å². The van der Waals surface area contributed by atoms with Crippen LogP contribution < -0.4 is 4.74 Å². The molecule has 2 aromatic rings. The lowest BCUT2D eigenvalue weighted by Gasteiger charge is -2.33. The van der Waals surface area contributed by atoms with Crippen LogP contribution in [0.3, 0.4) is 0 Å². The maximum Gasteiger partial charge on any atom is 0.274 e. The maximum absolute atomic E-state index is 12.7. The number of carbonyl (C=O) groups excluding carboxylic acids is 2. The standard InChI is InChI=1S/C18H22N4O3/c1-13-11-17(18(24)21-9-7-20(8-10-21)14(2)23)19-22(13)15-5-4-6-16(12-15)25-3/h4-6,11-12H,7-10H2,1-3H3. The fourth-order valence-corrected chi connectivity index (χ4v) is 2.97. The third kappa shape index (κ3) is 3.50. The van der Waals surface area contributed by atoms with Crippen molar-refractivity contribution in [3.63, 3.8) is 0 Å². The summed E-state index contributed by atoms with van der Waals surface area (Å²) in [6.45, 7) is 5.66. The number of aryl methyl sites for hydroxylation is 1. The lowest BCUT2D eigenvalue weighted by molar-refractivity contribution is -0.130. The first-order valence-corrected chi connectivity index (χ1v) is 8.25. The zero-order valence-electron chi connectivity index (χ0n) is 14.7. The summed E-state index contributed by atoms with van der Waals surface area (Å²) in [5.41, 5.74) is 2.13. The molecule has 0 N–H and O–H groups in total. The van der Waals surface area contributed by atoms with Gasteiger partial charge in [-0.3, -0.25) is 9.59 Å². The van der Waals surface area contributed by atoms with Crippen LogP contribution >= 0.6 is 0 Å². The Morgan fingerprint density at radius 1 is 1.08 bits per heavy atom. The van der Waals surface area contributed by atoms with Crippen molar-refractivity contribution >= 4 is 11.8 Å². The first-order chi connectivity index (χ1) is 12.0. The molecule has 132 valence electrons. The van der Waals surface area contributed by atoms with Gasteiger partial charge in [-0.25, -0.2) is 4.68 Å². The molecule has 0 unspecified atom stereocenters. The van der Waals surface area contributed by atoms with Crippen LogP contribution in [-0.4, -0.2) is 64.7 Å². The lowest BCUT2D eigenvalue weighted by Crippen LogP contribution is -2.50. The molecule has 2 amide bonds. The van der Waals surface area contributed by atoms with Gasteiger partial charge < -0.3 is 14.5 Å². The molecule has 7 nitrogen and oxygen atoms in total. The third-order valence-corrected chi connectivity index (χ3v) is 4.42. The van der Waals surface area contributed by atoms with Crippen LogP contribution in [0.15, 0.2) is 30.3 Å². The topological polar surface area (TPSA) is 67.7 Å². The number of hydrogen-bond acceptors (Lipinski definition) is 4. The number of hydrogen-bond donors (Lipinski definition) is 0. The number of aromatic nitrogens is 2. The van der Waals surface area contributed by atoms with E-state index in [0.29, 0.717) is 31.9 Å². The molecular formula is C18H22N4O3. The van der Waals surface area contributed by atoms with Gasteiger partial charge in [-0.2, -0.15) is 5.10 Å². The van der Waals surface area contributed by atoms with E-state index in [1.54, 1.807) is 34.6 Å². The van der Waals surface area contributed by atoms with Crippen LogP contribution in [0.1, 0.15) is 23.1 Å². The molecule has 25 heavy (non-hydrogen) atoms. The molecule has 1 aliphatic rings. The number of carbonyl (C=O) groups is 2. The molecule has 1 aliphatic heterocycles. The van der Waals surface area contributed by atoms with Crippen molar-refractivity contribution in [2.75, 3.05) is 33.3 Å². The molecule has 1 aromatic heterocycles. The summed E-state index contributed by atoms with van der Waals surface area (Å²) in [4.78, 5) is 27.6. The highest BCUT2D eigenvalue weighted by molar-refractivity contribution is 5.92. The van der Waals surface area contributed by atoms with E-state index in [-0.39, 0.29) is 11.8 Å². The van der Waals surface area contributed by atoms with E-state index in [2.05, 4.69) is 5.10 Å². The second-order valence-electron chi connectivity index (χ2n) is 6.08. The molecular weight excluding hydrogens is 320 g/mol. The summed E-state index contributed by atoms with van der Waals surface area (Å²) >= 11 is 0. The van der Waals surface area contributed by atoms with Crippen LogP contribution in [0, 0.1) is 6.92 Å². The molecule has 7 heteroatoms. The Hall–Kier alpha value is -2.83. The quantitative estimate of drug-likeness (QED) is 0.848. The molecule has 0 bridgehead atoms. The van der Waals surface area contributed by atoms with E-state index in [0.717, 1.165) is 17.1 Å². The van der Waals surface area contributed by atoms with E-state index in [1.807, 2.05) is 31.2 Å². The summed E-state index contributed by atoms with van der Waals surface area (Å²) in [6.07, 6.45) is 0. The van der Waals surface area contributed by atoms with Gasteiger partial charge in [0, 0.05) is 44.9 Å². The largest absolute Gasteiger partial charge is 0.497 e. The van der Waals surface area contributed by atoms with Gasteiger partial charge in [0.1, 0.15) is 5.75 Å². The second-order valence-corrected chi connectivity index (χ2v) is 6.08. The van der Waals surface area contributed by atoms with Crippen LogP contribution in [-0.2, 0) is 4.79 Å². The summed E-state index contributed by atoms with van der Waals surface area (Å²) < 4.78 is 6.98. The van der Waals surface area contributed by atoms with Crippen LogP contribution in [0.2, 0.25) is 0 Å². The van der Waals surface area contributed by atoms with Gasteiger partial charge in [0.25, 0.3) is 5.91 Å². The average molecular weight is 342 g/mol. The fourth-order valence-electron chi connectivity index (χ4n) is 2.97. The number of nitrogens with zero attached hydrogens (tertiary/aromatic N) is 4. The van der Waals surface area contributed by atoms with Gasteiger partial charge in [-0.15, -0.1) is 0 Å². The van der Waals surface area contributed by atoms with Crippen molar-refractivity contribution in [3.05, 3.63) is 41.7 Å². The Kier molecular flexibility index (Phi) is 4.74. The first kappa shape index (κ1) is 17.0. The Balaban J connectivity index is 1.78. The van der Waals surface area contributed by atoms with Crippen molar-refractivity contribution in [1.29, 1.82) is 0 Å². The van der Waals surface area contributed by atoms with Crippen molar-refractivity contribution in [1.82, 2.24) is 19.6 Å². The zero-order chi connectivity index (χ0) is 18.0. The number of methoxy groups -OCH3 is 1. The predicted molar refractivity (Wildman–Crippen MR) is 93.0 cm³/mol. The van der Waals surface area contributed by atoms with Crippen molar-refractivity contribution in [2.45, 2.75) is 13.8 Å². The number of benzene rings is 1. The number of amides is 2. The Labute approximate surface area is 146 Å². The molecule has 0 radical (unpaired) electrons. The van der Waals surface area contributed by atoms with E-state index >= 15 is 0 Å². The van der Waals surface area contributed by atoms with Gasteiger partial charge in [-0.1, -0.05) is 6.07 Å². The monoisotopic (exact) mass is 342 g/mol. The number of piperazine rings is 1. The molecule has 1 fully saturated rings. The van der Waals surface area contributed by atoms with E-state index in [1.165, 1.54) is 0 Å². The van der Waals surface area contributed by atoms with Gasteiger partial charge in [0.05, 0.1) is 12.8 Å². The molecule has 3 rings (SSSR count). The Morgan fingerprint density at radius 3 is 2.40 bits per heavy atom. The van der Waals surface area contributed by atoms with Crippen LogP contribution in [0.5, 0.6) is 5.75 Å². The van der Waals surface area contributed by atoms with E-state index in [9.17, 15) is 9.59 Å². The molecule has 2 heterocycles. The predicted octanol–water partition coefficient (Wildman–Crippen LogP) is 1.49. The highest BCUT2D eigenvalue weighted by atomic mass is 16.5. The van der Waals surface area contributed by atoms with Crippen LogP contribution in [0.25, 0.3) is 5.69 Å². The second kappa shape index (κ2) is 6.96. The highest BCUT2D eigenvalue weighted by Crippen LogP contribution is 2.19. The summed E-state index contributed by atoms with van der Waals surface area (Å²) in [5.74, 6) is 0.679. The molecule has 1 aromatic carbocycles. The van der Waals surface area contributed by atoms with Gasteiger partial charge in [0.15, 0.2) is 5.69 Å². The number of ether oxygens (including phenoxy) is 1. The summed E-state index contributed by atoms with van der Waals surface area (Å²) in [7, 11) is 1.62.